The number of thiazole rings is 1. The molecule has 2 heterocycles. The molecule has 0 radical (unpaired) electrons. The number of carbonyl (C=O) groups excluding carboxylic acids is 1. The van der Waals surface area contributed by atoms with Gasteiger partial charge in [0.25, 0.3) is 5.91 Å². The van der Waals surface area contributed by atoms with Crippen molar-refractivity contribution in [2.24, 2.45) is 13.0 Å². The van der Waals surface area contributed by atoms with Crippen molar-refractivity contribution in [2.45, 2.75) is 32.2 Å². The molecule has 7 nitrogen and oxygen atoms in total. The molecule has 8 heteroatoms. The van der Waals surface area contributed by atoms with Crippen LogP contribution in [0.1, 0.15) is 34.6 Å². The summed E-state index contributed by atoms with van der Waals surface area (Å²) in [6.45, 7) is 1.79. The maximum atomic E-state index is 12.5. The van der Waals surface area contributed by atoms with Gasteiger partial charge < -0.3 is 10.4 Å². The second-order valence-corrected chi connectivity index (χ2v) is 6.79. The largest absolute Gasteiger partial charge is 0.481 e. The van der Waals surface area contributed by atoms with Gasteiger partial charge in [0.2, 0.25) is 0 Å². The lowest BCUT2D eigenvalue weighted by Gasteiger charge is -2.17. The van der Waals surface area contributed by atoms with E-state index in [0.29, 0.717) is 23.4 Å². The summed E-state index contributed by atoms with van der Waals surface area (Å²) in [5.41, 5.74) is 1.51. The van der Waals surface area contributed by atoms with E-state index in [1.54, 1.807) is 17.8 Å². The molecule has 122 valence electrons. The van der Waals surface area contributed by atoms with Crippen LogP contribution in [0.2, 0.25) is 0 Å². The maximum Gasteiger partial charge on any atom is 0.308 e. The van der Waals surface area contributed by atoms with Gasteiger partial charge in [-0.05, 0) is 19.8 Å². The first-order valence-electron chi connectivity index (χ1n) is 7.46. The van der Waals surface area contributed by atoms with E-state index in [9.17, 15) is 14.7 Å². The van der Waals surface area contributed by atoms with Gasteiger partial charge in [-0.3, -0.25) is 14.3 Å². The van der Waals surface area contributed by atoms with Crippen molar-refractivity contribution in [2.75, 3.05) is 0 Å². The number of amides is 1. The molecule has 0 saturated heterocycles. The molecule has 0 unspecified atom stereocenters. The van der Waals surface area contributed by atoms with E-state index in [0.717, 1.165) is 17.0 Å². The second-order valence-electron chi connectivity index (χ2n) is 5.79. The Labute approximate surface area is 137 Å². The first kappa shape index (κ1) is 15.7. The fraction of sp³-hybridized carbons (Fsp3) is 0.467. The van der Waals surface area contributed by atoms with E-state index in [4.69, 9.17) is 0 Å². The topological polar surface area (TPSA) is 97.1 Å². The summed E-state index contributed by atoms with van der Waals surface area (Å²) in [5, 5.41) is 16.9. The number of rotatable bonds is 4. The molecule has 2 aromatic rings. The smallest absolute Gasteiger partial charge is 0.308 e. The van der Waals surface area contributed by atoms with E-state index in [1.165, 1.54) is 11.3 Å². The van der Waals surface area contributed by atoms with E-state index >= 15 is 0 Å². The van der Waals surface area contributed by atoms with Crippen LogP contribution in [-0.4, -0.2) is 37.8 Å². The minimum absolute atomic E-state index is 0.242. The monoisotopic (exact) mass is 334 g/mol. The zero-order valence-corrected chi connectivity index (χ0v) is 13.8. The standard InChI is InChI=1S/C15H18N4O3S/c1-8-12(23-14(17-8)9-6-16-19(2)7-9)13(20)18-11-5-3-4-10(11)15(21)22/h6-7,10-11H,3-5H2,1-2H3,(H,18,20)(H,21,22)/t10-,11+/m0/s1. The molecule has 3 rings (SSSR count). The second kappa shape index (κ2) is 6.11. The summed E-state index contributed by atoms with van der Waals surface area (Å²) in [6.07, 6.45) is 5.69. The maximum absolute atomic E-state index is 12.5. The molecule has 2 N–H and O–H groups in total. The predicted octanol–water partition coefficient (Wildman–Crippen LogP) is 1.84. The Hall–Kier alpha value is -2.22. The first-order valence-corrected chi connectivity index (χ1v) is 8.27. The highest BCUT2D eigenvalue weighted by molar-refractivity contribution is 7.17. The lowest BCUT2D eigenvalue weighted by atomic mass is 10.0. The number of nitrogens with one attached hydrogen (secondary N) is 1. The average molecular weight is 334 g/mol. The van der Waals surface area contributed by atoms with Crippen molar-refractivity contribution in [3.63, 3.8) is 0 Å². The summed E-state index contributed by atoms with van der Waals surface area (Å²) >= 11 is 1.30. The number of hydrogen-bond donors (Lipinski definition) is 2. The number of carboxylic acids is 1. The van der Waals surface area contributed by atoms with E-state index < -0.39 is 11.9 Å². The van der Waals surface area contributed by atoms with Gasteiger partial charge in [0.05, 0.1) is 17.8 Å². The Balaban J connectivity index is 1.78. The van der Waals surface area contributed by atoms with Crippen LogP contribution in [0.3, 0.4) is 0 Å². The van der Waals surface area contributed by atoms with Crippen LogP contribution in [-0.2, 0) is 11.8 Å². The van der Waals surface area contributed by atoms with Crippen LogP contribution in [0.15, 0.2) is 12.4 Å². The summed E-state index contributed by atoms with van der Waals surface area (Å²) in [6, 6.07) is -0.302. The van der Waals surface area contributed by atoms with Gasteiger partial charge in [0.1, 0.15) is 9.88 Å². The lowest BCUT2D eigenvalue weighted by molar-refractivity contribution is -0.142. The molecule has 1 amide bonds. The Kier molecular flexibility index (Phi) is 4.16. The third kappa shape index (κ3) is 3.12. The molecule has 2 aromatic heterocycles. The molecule has 1 aliphatic carbocycles. The van der Waals surface area contributed by atoms with Crippen molar-refractivity contribution in [1.82, 2.24) is 20.1 Å². The Bertz CT molecular complexity index is 752. The zero-order valence-electron chi connectivity index (χ0n) is 12.9. The fourth-order valence-corrected chi connectivity index (χ4v) is 3.87. The number of nitrogens with zero attached hydrogens (tertiary/aromatic N) is 3. The van der Waals surface area contributed by atoms with Crippen LogP contribution in [0.4, 0.5) is 0 Å². The minimum atomic E-state index is -0.843. The third-order valence-electron chi connectivity index (χ3n) is 4.10. The molecular weight excluding hydrogens is 316 g/mol. The number of aliphatic carboxylic acids is 1. The molecular formula is C15H18N4O3S. The molecule has 0 aromatic carbocycles. The first-order chi connectivity index (χ1) is 11.0. The van der Waals surface area contributed by atoms with Crippen LogP contribution in [0.5, 0.6) is 0 Å². The molecule has 0 bridgehead atoms. The van der Waals surface area contributed by atoms with E-state index in [1.807, 2.05) is 13.2 Å². The number of carbonyl (C=O) groups is 2. The quantitative estimate of drug-likeness (QED) is 0.889. The van der Waals surface area contributed by atoms with Crippen molar-refractivity contribution in [3.8, 4) is 10.6 Å². The van der Waals surface area contributed by atoms with Crippen LogP contribution < -0.4 is 5.32 Å². The molecule has 1 saturated carbocycles. The summed E-state index contributed by atoms with van der Waals surface area (Å²) in [7, 11) is 1.82. The fourth-order valence-electron chi connectivity index (χ4n) is 2.92. The van der Waals surface area contributed by atoms with Gasteiger partial charge >= 0.3 is 5.97 Å². The van der Waals surface area contributed by atoms with Gasteiger partial charge in [0.15, 0.2) is 0 Å². The van der Waals surface area contributed by atoms with Gasteiger partial charge in [-0.2, -0.15) is 5.10 Å². The predicted molar refractivity (Wildman–Crippen MR) is 85.3 cm³/mol. The van der Waals surface area contributed by atoms with Crippen LogP contribution in [0.25, 0.3) is 10.6 Å². The summed E-state index contributed by atoms with van der Waals surface area (Å²) < 4.78 is 1.68. The van der Waals surface area contributed by atoms with Crippen molar-refractivity contribution in [3.05, 3.63) is 23.0 Å². The van der Waals surface area contributed by atoms with E-state index in [-0.39, 0.29) is 11.9 Å². The summed E-state index contributed by atoms with van der Waals surface area (Å²) in [4.78, 5) is 28.7. The van der Waals surface area contributed by atoms with E-state index in [2.05, 4.69) is 15.4 Å². The zero-order chi connectivity index (χ0) is 16.6. The van der Waals surface area contributed by atoms with Crippen molar-refractivity contribution >= 4 is 23.2 Å². The lowest BCUT2D eigenvalue weighted by Crippen LogP contribution is -2.40. The van der Waals surface area contributed by atoms with Crippen molar-refractivity contribution in [1.29, 1.82) is 0 Å². The highest BCUT2D eigenvalue weighted by Gasteiger charge is 2.34. The number of aromatic nitrogens is 3. The number of carboxylic acid groups (broad SMARTS) is 1. The average Bonchev–Trinajstić information content (AvgIpc) is 3.18. The molecule has 0 spiro atoms. The highest BCUT2D eigenvalue weighted by Crippen LogP contribution is 2.29. The third-order valence-corrected chi connectivity index (χ3v) is 5.31. The number of aryl methyl sites for hydroxylation is 2. The number of hydrogen-bond acceptors (Lipinski definition) is 5. The van der Waals surface area contributed by atoms with Crippen LogP contribution in [0, 0.1) is 12.8 Å². The highest BCUT2D eigenvalue weighted by atomic mass is 32.1. The molecule has 2 atom stereocenters. The normalized spacial score (nSPS) is 20.6. The molecule has 1 aliphatic rings. The SMILES string of the molecule is Cc1nc(-c2cnn(C)c2)sc1C(=O)N[C@@H]1CCC[C@@H]1C(=O)O. The molecule has 1 fully saturated rings. The van der Waals surface area contributed by atoms with Gasteiger partial charge in [-0.1, -0.05) is 6.42 Å². The van der Waals surface area contributed by atoms with Crippen molar-refractivity contribution < 1.29 is 14.7 Å². The minimum Gasteiger partial charge on any atom is -0.481 e. The van der Waals surface area contributed by atoms with Gasteiger partial charge in [0, 0.05) is 24.8 Å². The Morgan fingerprint density at radius 1 is 1.43 bits per heavy atom. The molecule has 0 aliphatic heterocycles. The van der Waals surface area contributed by atoms with Gasteiger partial charge in [-0.15, -0.1) is 11.3 Å². The molecule has 23 heavy (non-hydrogen) atoms. The Morgan fingerprint density at radius 2 is 2.22 bits per heavy atom. The summed E-state index contributed by atoms with van der Waals surface area (Å²) in [5.74, 6) is -1.58. The van der Waals surface area contributed by atoms with Gasteiger partial charge in [-0.25, -0.2) is 4.98 Å². The Morgan fingerprint density at radius 3 is 2.87 bits per heavy atom. The van der Waals surface area contributed by atoms with Crippen LogP contribution >= 0.6 is 11.3 Å².